The van der Waals surface area contributed by atoms with E-state index in [1.54, 1.807) is 13.8 Å². The maximum Gasteiger partial charge on any atom is 0.217 e. The number of nitrogens with two attached hydrogens (primary N) is 1. The van der Waals surface area contributed by atoms with Crippen LogP contribution >= 0.6 is 0 Å². The first-order chi connectivity index (χ1) is 5.82. The van der Waals surface area contributed by atoms with E-state index in [1.807, 2.05) is 0 Å². The molecule has 2 N–H and O–H groups in total. The smallest absolute Gasteiger partial charge is 0.217 e. The summed E-state index contributed by atoms with van der Waals surface area (Å²) in [6.45, 7) is 7.54. The van der Waals surface area contributed by atoms with Crippen molar-refractivity contribution in [2.24, 2.45) is 5.73 Å². The number of rotatable bonds is 5. The average molecular weight is 206 g/mol. The Morgan fingerprint density at radius 2 is 2.08 bits per heavy atom. The molecule has 0 saturated heterocycles. The predicted octanol–water partition coefficient (Wildman–Crippen LogP) is 0.171. The van der Waals surface area contributed by atoms with Crippen molar-refractivity contribution < 1.29 is 8.42 Å². The van der Waals surface area contributed by atoms with Crippen LogP contribution in [0.1, 0.15) is 13.8 Å². The van der Waals surface area contributed by atoms with Crippen molar-refractivity contribution in [1.82, 2.24) is 4.31 Å². The molecule has 0 spiro atoms. The van der Waals surface area contributed by atoms with E-state index in [0.29, 0.717) is 6.54 Å². The molecule has 0 aliphatic rings. The van der Waals surface area contributed by atoms with Gasteiger partial charge in [0.15, 0.2) is 0 Å². The Morgan fingerprint density at radius 1 is 1.62 bits per heavy atom. The predicted molar refractivity (Wildman–Crippen MR) is 54.9 cm³/mol. The molecule has 1 atom stereocenters. The Hall–Kier alpha value is -0.390. The first kappa shape index (κ1) is 12.6. The lowest BCUT2D eigenvalue weighted by Crippen LogP contribution is -2.39. The number of hydrogen-bond acceptors (Lipinski definition) is 3. The minimum absolute atomic E-state index is 0.142. The fraction of sp³-hybridized carbons (Fsp3) is 0.750. The van der Waals surface area contributed by atoms with E-state index in [9.17, 15) is 8.42 Å². The second-order valence-corrected chi connectivity index (χ2v) is 5.76. The van der Waals surface area contributed by atoms with Gasteiger partial charge in [0.05, 0.1) is 5.25 Å². The van der Waals surface area contributed by atoms with Crippen LogP contribution in [0.4, 0.5) is 0 Å². The van der Waals surface area contributed by atoms with Crippen molar-refractivity contribution in [3.8, 4) is 0 Å². The lowest BCUT2D eigenvalue weighted by Gasteiger charge is -2.20. The van der Waals surface area contributed by atoms with E-state index in [4.69, 9.17) is 5.73 Å². The molecule has 0 aromatic carbocycles. The van der Waals surface area contributed by atoms with Crippen LogP contribution in [-0.4, -0.2) is 38.1 Å². The standard InChI is InChI=1S/C8H18N2O2S/c1-7(2)6-10(4)13(11,12)8(3)5-9/h8H,1,5-6,9H2,2-4H3. The summed E-state index contributed by atoms with van der Waals surface area (Å²) in [6, 6.07) is 0. The summed E-state index contributed by atoms with van der Waals surface area (Å²) in [5.74, 6) is 0. The largest absolute Gasteiger partial charge is 0.329 e. The van der Waals surface area contributed by atoms with Gasteiger partial charge in [0.25, 0.3) is 0 Å². The summed E-state index contributed by atoms with van der Waals surface area (Å²) in [5.41, 5.74) is 6.11. The van der Waals surface area contributed by atoms with Crippen LogP contribution in [-0.2, 0) is 10.0 Å². The molecule has 78 valence electrons. The second-order valence-electron chi connectivity index (χ2n) is 3.30. The van der Waals surface area contributed by atoms with Crippen LogP contribution in [0.15, 0.2) is 12.2 Å². The maximum atomic E-state index is 11.6. The molecule has 0 bridgehead atoms. The van der Waals surface area contributed by atoms with Gasteiger partial charge in [-0.05, 0) is 13.8 Å². The fourth-order valence-corrected chi connectivity index (χ4v) is 2.16. The molecule has 0 amide bonds. The zero-order valence-corrected chi connectivity index (χ0v) is 9.26. The molecule has 0 aromatic rings. The Kier molecular flexibility index (Phi) is 4.60. The van der Waals surface area contributed by atoms with Crippen LogP contribution < -0.4 is 5.73 Å². The van der Waals surface area contributed by atoms with E-state index in [1.165, 1.54) is 11.4 Å². The van der Waals surface area contributed by atoms with Gasteiger partial charge in [0, 0.05) is 20.1 Å². The summed E-state index contributed by atoms with van der Waals surface area (Å²) in [4.78, 5) is 0. The molecular weight excluding hydrogens is 188 g/mol. The van der Waals surface area contributed by atoms with E-state index < -0.39 is 15.3 Å². The monoisotopic (exact) mass is 206 g/mol. The molecule has 0 aliphatic heterocycles. The van der Waals surface area contributed by atoms with Crippen molar-refractivity contribution in [2.45, 2.75) is 19.1 Å². The van der Waals surface area contributed by atoms with Gasteiger partial charge in [-0.1, -0.05) is 12.2 Å². The molecule has 0 saturated carbocycles. The van der Waals surface area contributed by atoms with Crippen molar-refractivity contribution >= 4 is 10.0 Å². The first-order valence-corrected chi connectivity index (χ1v) is 5.62. The summed E-state index contributed by atoms with van der Waals surface area (Å²) in [6.07, 6.45) is 0. The van der Waals surface area contributed by atoms with E-state index in [-0.39, 0.29) is 6.54 Å². The van der Waals surface area contributed by atoms with Gasteiger partial charge in [0.2, 0.25) is 10.0 Å². The molecule has 1 unspecified atom stereocenters. The van der Waals surface area contributed by atoms with E-state index >= 15 is 0 Å². The van der Waals surface area contributed by atoms with Gasteiger partial charge < -0.3 is 5.73 Å². The highest BCUT2D eigenvalue weighted by Crippen LogP contribution is 2.07. The third kappa shape index (κ3) is 3.46. The van der Waals surface area contributed by atoms with Crippen LogP contribution in [0.5, 0.6) is 0 Å². The topological polar surface area (TPSA) is 63.4 Å². The second kappa shape index (κ2) is 4.74. The van der Waals surface area contributed by atoms with Gasteiger partial charge in [-0.3, -0.25) is 0 Å². The molecule has 5 heteroatoms. The average Bonchev–Trinajstić information content (AvgIpc) is 2.01. The first-order valence-electron chi connectivity index (χ1n) is 4.12. The molecule has 0 radical (unpaired) electrons. The number of sulfonamides is 1. The van der Waals surface area contributed by atoms with Crippen LogP contribution in [0.3, 0.4) is 0 Å². The Morgan fingerprint density at radius 3 is 2.38 bits per heavy atom. The molecule has 0 fully saturated rings. The number of nitrogens with zero attached hydrogens (tertiary/aromatic N) is 1. The van der Waals surface area contributed by atoms with Crippen molar-refractivity contribution in [1.29, 1.82) is 0 Å². The Balaban J connectivity index is 4.55. The van der Waals surface area contributed by atoms with Gasteiger partial charge in [0.1, 0.15) is 0 Å². The van der Waals surface area contributed by atoms with Crippen LogP contribution in [0.25, 0.3) is 0 Å². The van der Waals surface area contributed by atoms with Crippen LogP contribution in [0, 0.1) is 0 Å². The molecule has 0 rings (SSSR count). The zero-order valence-electron chi connectivity index (χ0n) is 8.45. The number of likely N-dealkylation sites (N-methyl/N-ethyl adjacent to an activating group) is 1. The molecule has 0 aliphatic carbocycles. The Bertz CT molecular complexity index is 272. The van der Waals surface area contributed by atoms with E-state index in [0.717, 1.165) is 5.57 Å². The minimum Gasteiger partial charge on any atom is -0.329 e. The molecule has 0 aromatic heterocycles. The summed E-state index contributed by atoms with van der Waals surface area (Å²) in [7, 11) is -1.70. The van der Waals surface area contributed by atoms with Crippen molar-refractivity contribution in [3.63, 3.8) is 0 Å². The SMILES string of the molecule is C=C(C)CN(C)S(=O)(=O)C(C)CN. The van der Waals surface area contributed by atoms with E-state index in [2.05, 4.69) is 6.58 Å². The molecular formula is C8H18N2O2S. The van der Waals surface area contributed by atoms with Crippen molar-refractivity contribution in [3.05, 3.63) is 12.2 Å². The van der Waals surface area contributed by atoms with Gasteiger partial charge in [-0.25, -0.2) is 12.7 Å². The molecule has 4 nitrogen and oxygen atoms in total. The van der Waals surface area contributed by atoms with Crippen molar-refractivity contribution in [2.75, 3.05) is 20.1 Å². The summed E-state index contributed by atoms with van der Waals surface area (Å²) < 4.78 is 24.5. The van der Waals surface area contributed by atoms with Gasteiger partial charge >= 0.3 is 0 Å². The normalized spacial score (nSPS) is 14.5. The zero-order chi connectivity index (χ0) is 10.6. The third-order valence-corrected chi connectivity index (χ3v) is 3.97. The summed E-state index contributed by atoms with van der Waals surface area (Å²) >= 11 is 0. The third-order valence-electron chi connectivity index (χ3n) is 1.77. The summed E-state index contributed by atoms with van der Waals surface area (Å²) in [5, 5.41) is -0.531. The fourth-order valence-electron chi connectivity index (χ4n) is 0.899. The lowest BCUT2D eigenvalue weighted by atomic mass is 10.4. The molecule has 0 heterocycles. The highest BCUT2D eigenvalue weighted by atomic mass is 32.2. The minimum atomic E-state index is -3.24. The Labute approximate surface area is 80.5 Å². The lowest BCUT2D eigenvalue weighted by molar-refractivity contribution is 0.482. The number of hydrogen-bond donors (Lipinski definition) is 1. The molecule has 13 heavy (non-hydrogen) atoms. The van der Waals surface area contributed by atoms with Gasteiger partial charge in [-0.15, -0.1) is 0 Å². The highest BCUT2D eigenvalue weighted by molar-refractivity contribution is 7.89. The van der Waals surface area contributed by atoms with Crippen LogP contribution in [0.2, 0.25) is 0 Å². The highest BCUT2D eigenvalue weighted by Gasteiger charge is 2.24. The quantitative estimate of drug-likeness (QED) is 0.652. The van der Waals surface area contributed by atoms with Gasteiger partial charge in [-0.2, -0.15) is 0 Å². The maximum absolute atomic E-state index is 11.6.